The van der Waals surface area contributed by atoms with Gasteiger partial charge in [-0.25, -0.2) is 8.78 Å². The fraction of sp³-hybridized carbons (Fsp3) is 0.0769. The first-order chi connectivity index (χ1) is 8.97. The maximum Gasteiger partial charge on any atom is 0.387 e. The van der Waals surface area contributed by atoms with E-state index in [4.69, 9.17) is 11.6 Å². The zero-order chi connectivity index (χ0) is 14.0. The number of hydrogen-bond donors (Lipinski definition) is 0. The lowest BCUT2D eigenvalue weighted by atomic mass is 10.0. The van der Waals surface area contributed by atoms with E-state index in [2.05, 4.69) is 4.74 Å². The molecule has 0 spiro atoms. The van der Waals surface area contributed by atoms with Crippen LogP contribution in [-0.2, 0) is 0 Å². The molecule has 6 heteroatoms. The van der Waals surface area contributed by atoms with Gasteiger partial charge in [-0.2, -0.15) is 8.78 Å². The zero-order valence-corrected chi connectivity index (χ0v) is 10.1. The van der Waals surface area contributed by atoms with Crippen LogP contribution in [0.3, 0.4) is 0 Å². The molecular weight excluding hydrogens is 284 g/mol. The van der Waals surface area contributed by atoms with Crippen molar-refractivity contribution in [2.75, 3.05) is 0 Å². The van der Waals surface area contributed by atoms with Crippen LogP contribution >= 0.6 is 11.6 Å². The average Bonchev–Trinajstić information content (AvgIpc) is 2.31. The SMILES string of the molecule is Fc1cccc(-c2cc(Cl)cc(OC(F)F)c2)c1F. The lowest BCUT2D eigenvalue weighted by molar-refractivity contribution is -0.0498. The third kappa shape index (κ3) is 3.17. The van der Waals surface area contributed by atoms with Crippen molar-refractivity contribution in [1.29, 1.82) is 0 Å². The van der Waals surface area contributed by atoms with Crippen LogP contribution in [0.2, 0.25) is 5.02 Å². The van der Waals surface area contributed by atoms with Gasteiger partial charge in [0.15, 0.2) is 11.6 Å². The maximum atomic E-state index is 13.6. The average molecular weight is 291 g/mol. The van der Waals surface area contributed by atoms with Gasteiger partial charge in [0.05, 0.1) is 0 Å². The molecule has 0 saturated carbocycles. The molecule has 0 aliphatic heterocycles. The Balaban J connectivity index is 2.50. The molecule has 0 saturated heterocycles. The Kier molecular flexibility index (Phi) is 3.95. The highest BCUT2D eigenvalue weighted by Crippen LogP contribution is 2.31. The van der Waals surface area contributed by atoms with Gasteiger partial charge in [0.25, 0.3) is 0 Å². The van der Waals surface area contributed by atoms with E-state index in [-0.39, 0.29) is 21.9 Å². The lowest BCUT2D eigenvalue weighted by Crippen LogP contribution is -2.02. The topological polar surface area (TPSA) is 9.23 Å². The van der Waals surface area contributed by atoms with Crippen LogP contribution in [0, 0.1) is 11.6 Å². The van der Waals surface area contributed by atoms with Gasteiger partial charge in [-0.05, 0) is 29.8 Å². The van der Waals surface area contributed by atoms with Crippen molar-refractivity contribution in [2.45, 2.75) is 6.61 Å². The summed E-state index contributed by atoms with van der Waals surface area (Å²) < 4.78 is 55.2. The number of ether oxygens (including phenoxy) is 1. The van der Waals surface area contributed by atoms with Gasteiger partial charge in [0.2, 0.25) is 0 Å². The van der Waals surface area contributed by atoms with Crippen LogP contribution in [0.1, 0.15) is 0 Å². The van der Waals surface area contributed by atoms with Crippen molar-refractivity contribution in [2.24, 2.45) is 0 Å². The van der Waals surface area contributed by atoms with Gasteiger partial charge in [-0.1, -0.05) is 23.7 Å². The monoisotopic (exact) mass is 290 g/mol. The summed E-state index contributed by atoms with van der Waals surface area (Å²) in [6.45, 7) is -3.02. The van der Waals surface area contributed by atoms with Gasteiger partial charge in [0, 0.05) is 10.6 Å². The van der Waals surface area contributed by atoms with E-state index >= 15 is 0 Å². The molecule has 2 aromatic rings. The second-order valence-corrected chi connectivity index (χ2v) is 4.09. The van der Waals surface area contributed by atoms with Crippen molar-refractivity contribution < 1.29 is 22.3 Å². The molecule has 2 rings (SSSR count). The molecular formula is C13H7ClF4O. The zero-order valence-electron chi connectivity index (χ0n) is 9.34. The minimum absolute atomic E-state index is 0.0804. The molecule has 2 aromatic carbocycles. The Bertz CT molecular complexity index is 601. The standard InChI is InChI=1S/C13H7ClF4O/c14-8-4-7(5-9(6-8)19-13(17)18)10-2-1-3-11(15)12(10)16/h1-6,13H. The first kappa shape index (κ1) is 13.7. The molecule has 0 amide bonds. The first-order valence-electron chi connectivity index (χ1n) is 5.17. The van der Waals surface area contributed by atoms with Gasteiger partial charge >= 0.3 is 6.61 Å². The lowest BCUT2D eigenvalue weighted by Gasteiger charge is -2.09. The van der Waals surface area contributed by atoms with Crippen LogP contribution in [-0.4, -0.2) is 6.61 Å². The number of benzene rings is 2. The predicted molar refractivity (Wildman–Crippen MR) is 63.4 cm³/mol. The molecule has 0 unspecified atom stereocenters. The Morgan fingerprint density at radius 2 is 1.79 bits per heavy atom. The van der Waals surface area contributed by atoms with E-state index < -0.39 is 18.2 Å². The van der Waals surface area contributed by atoms with E-state index in [1.54, 1.807) is 0 Å². The minimum atomic E-state index is -3.02. The molecule has 0 aliphatic rings. The molecule has 0 atom stereocenters. The van der Waals surface area contributed by atoms with E-state index in [0.717, 1.165) is 18.2 Å². The number of rotatable bonds is 3. The van der Waals surface area contributed by atoms with E-state index in [1.165, 1.54) is 18.2 Å². The van der Waals surface area contributed by atoms with Gasteiger partial charge in [-0.15, -0.1) is 0 Å². The van der Waals surface area contributed by atoms with Gasteiger partial charge in [0.1, 0.15) is 5.75 Å². The first-order valence-corrected chi connectivity index (χ1v) is 5.55. The smallest absolute Gasteiger partial charge is 0.387 e. The van der Waals surface area contributed by atoms with Crippen molar-refractivity contribution in [1.82, 2.24) is 0 Å². The van der Waals surface area contributed by atoms with Gasteiger partial charge < -0.3 is 4.74 Å². The Hall–Kier alpha value is -1.75. The predicted octanol–water partition coefficient (Wildman–Crippen LogP) is 4.89. The Labute approximate surface area is 111 Å². The fourth-order valence-electron chi connectivity index (χ4n) is 1.62. The molecule has 0 aliphatic carbocycles. The van der Waals surface area contributed by atoms with Gasteiger partial charge in [-0.3, -0.25) is 0 Å². The van der Waals surface area contributed by atoms with E-state index in [1.807, 2.05) is 0 Å². The highest BCUT2D eigenvalue weighted by molar-refractivity contribution is 6.31. The van der Waals surface area contributed by atoms with Crippen molar-refractivity contribution in [3.05, 3.63) is 53.1 Å². The summed E-state index contributed by atoms with van der Waals surface area (Å²) in [6, 6.07) is 7.24. The Morgan fingerprint density at radius 3 is 2.47 bits per heavy atom. The van der Waals surface area contributed by atoms with Crippen LogP contribution in [0.5, 0.6) is 5.75 Å². The number of alkyl halides is 2. The molecule has 0 bridgehead atoms. The van der Waals surface area contributed by atoms with Crippen LogP contribution in [0.25, 0.3) is 11.1 Å². The third-order valence-corrected chi connectivity index (χ3v) is 2.58. The molecule has 0 fully saturated rings. The third-order valence-electron chi connectivity index (χ3n) is 2.36. The van der Waals surface area contributed by atoms with E-state index in [0.29, 0.717) is 0 Å². The molecule has 1 nitrogen and oxygen atoms in total. The number of halogens is 5. The summed E-state index contributed by atoms with van der Waals surface area (Å²) in [5.41, 5.74) is 0.0711. The molecule has 100 valence electrons. The van der Waals surface area contributed by atoms with Crippen molar-refractivity contribution >= 4 is 11.6 Å². The summed E-state index contributed by atoms with van der Waals surface area (Å²) in [6.07, 6.45) is 0. The molecule has 0 aromatic heterocycles. The normalized spacial score (nSPS) is 10.8. The summed E-state index contributed by atoms with van der Waals surface area (Å²) in [5.74, 6) is -2.33. The molecule has 0 heterocycles. The highest BCUT2D eigenvalue weighted by Gasteiger charge is 2.13. The fourth-order valence-corrected chi connectivity index (χ4v) is 1.84. The van der Waals surface area contributed by atoms with Crippen LogP contribution in [0.4, 0.5) is 17.6 Å². The molecule has 0 N–H and O–H groups in total. The summed E-state index contributed by atoms with van der Waals surface area (Å²) in [7, 11) is 0. The molecule has 19 heavy (non-hydrogen) atoms. The second kappa shape index (κ2) is 5.48. The molecule has 0 radical (unpaired) electrons. The van der Waals surface area contributed by atoms with Crippen LogP contribution in [0.15, 0.2) is 36.4 Å². The van der Waals surface area contributed by atoms with Crippen molar-refractivity contribution in [3.8, 4) is 16.9 Å². The van der Waals surface area contributed by atoms with Crippen molar-refractivity contribution in [3.63, 3.8) is 0 Å². The van der Waals surface area contributed by atoms with Crippen LogP contribution < -0.4 is 4.74 Å². The summed E-state index contributed by atoms with van der Waals surface area (Å²) >= 11 is 5.73. The Morgan fingerprint density at radius 1 is 1.05 bits per heavy atom. The summed E-state index contributed by atoms with van der Waals surface area (Å²) in [4.78, 5) is 0. The summed E-state index contributed by atoms with van der Waals surface area (Å²) in [5, 5.41) is 0.0804. The quantitative estimate of drug-likeness (QED) is 0.732. The largest absolute Gasteiger partial charge is 0.435 e. The highest BCUT2D eigenvalue weighted by atomic mass is 35.5. The second-order valence-electron chi connectivity index (χ2n) is 3.66. The minimum Gasteiger partial charge on any atom is -0.435 e. The number of hydrogen-bond acceptors (Lipinski definition) is 1. The maximum absolute atomic E-state index is 13.6. The van der Waals surface area contributed by atoms with E-state index in [9.17, 15) is 17.6 Å².